The number of amides is 3. The number of rotatable bonds is 4. The summed E-state index contributed by atoms with van der Waals surface area (Å²) in [7, 11) is 1.69. The molecule has 17 heavy (non-hydrogen) atoms. The highest BCUT2D eigenvalue weighted by molar-refractivity contribution is 9.11. The van der Waals surface area contributed by atoms with Crippen LogP contribution in [0.3, 0.4) is 0 Å². The zero-order chi connectivity index (χ0) is 13.0. The number of primary amides is 1. The number of carbonyl (C=O) groups excluding carboxylic acids is 2. The molecule has 7 heteroatoms. The van der Waals surface area contributed by atoms with Gasteiger partial charge in [0.25, 0.3) is 0 Å². The fourth-order valence-electron chi connectivity index (χ4n) is 1.35. The fourth-order valence-corrected chi connectivity index (χ4v) is 2.89. The zero-order valence-corrected chi connectivity index (χ0v) is 12.0. The van der Waals surface area contributed by atoms with Crippen LogP contribution in [-0.4, -0.2) is 29.9 Å². The first-order chi connectivity index (χ1) is 7.90. The van der Waals surface area contributed by atoms with Gasteiger partial charge in [-0.05, 0) is 35.0 Å². The van der Waals surface area contributed by atoms with E-state index in [1.807, 2.05) is 12.1 Å². The van der Waals surface area contributed by atoms with Crippen LogP contribution in [0, 0.1) is 0 Å². The first-order valence-corrected chi connectivity index (χ1v) is 6.56. The minimum absolute atomic E-state index is 0.173. The van der Waals surface area contributed by atoms with E-state index in [2.05, 4.69) is 21.2 Å². The van der Waals surface area contributed by atoms with Crippen LogP contribution in [0.15, 0.2) is 15.9 Å². The minimum atomic E-state index is -0.696. The van der Waals surface area contributed by atoms with Crippen LogP contribution in [0.4, 0.5) is 4.79 Å². The topological polar surface area (TPSA) is 75.4 Å². The Morgan fingerprint density at radius 2 is 2.24 bits per heavy atom. The highest BCUT2D eigenvalue weighted by atomic mass is 79.9. The van der Waals surface area contributed by atoms with Gasteiger partial charge >= 0.3 is 6.03 Å². The number of halogens is 1. The Hall–Kier alpha value is -1.08. The molecule has 3 amide bonds. The minimum Gasteiger partial charge on any atom is -0.352 e. The predicted octanol–water partition coefficient (Wildman–Crippen LogP) is 1.53. The second-order valence-electron chi connectivity index (χ2n) is 3.63. The number of carbonyl (C=O) groups is 2. The zero-order valence-electron chi connectivity index (χ0n) is 9.57. The Balaban J connectivity index is 2.55. The molecule has 0 saturated carbocycles. The Labute approximate surface area is 112 Å². The molecule has 0 saturated heterocycles. The Kier molecular flexibility index (Phi) is 4.95. The van der Waals surface area contributed by atoms with Gasteiger partial charge in [0.15, 0.2) is 0 Å². The van der Waals surface area contributed by atoms with Crippen LogP contribution < -0.4 is 11.1 Å². The van der Waals surface area contributed by atoms with Crippen LogP contribution in [0.5, 0.6) is 0 Å². The van der Waals surface area contributed by atoms with Gasteiger partial charge in [0.05, 0.1) is 10.3 Å². The van der Waals surface area contributed by atoms with E-state index in [1.54, 1.807) is 30.2 Å². The lowest BCUT2D eigenvalue weighted by molar-refractivity contribution is -0.131. The molecule has 94 valence electrons. The first kappa shape index (κ1) is 14.0. The van der Waals surface area contributed by atoms with Crippen molar-refractivity contribution in [3.8, 4) is 0 Å². The summed E-state index contributed by atoms with van der Waals surface area (Å²) in [5.41, 5.74) is 4.96. The number of hydrogen-bond donors (Lipinski definition) is 2. The normalized spacial score (nSPS) is 11.9. The second kappa shape index (κ2) is 6.02. The van der Waals surface area contributed by atoms with Crippen LogP contribution >= 0.6 is 27.3 Å². The van der Waals surface area contributed by atoms with Gasteiger partial charge in [0, 0.05) is 11.9 Å². The van der Waals surface area contributed by atoms with E-state index in [0.717, 1.165) is 8.66 Å². The number of nitrogens with one attached hydrogen (secondary N) is 1. The largest absolute Gasteiger partial charge is 0.352 e. The molecule has 1 aromatic rings. The molecular formula is C10H14BrN3O2S. The third-order valence-electron chi connectivity index (χ3n) is 2.13. The summed E-state index contributed by atoms with van der Waals surface area (Å²) in [6.07, 6.45) is 0. The summed E-state index contributed by atoms with van der Waals surface area (Å²) in [6, 6.07) is 2.58. The lowest BCUT2D eigenvalue weighted by atomic mass is 10.3. The van der Waals surface area contributed by atoms with Crippen molar-refractivity contribution in [2.45, 2.75) is 19.5 Å². The Morgan fingerprint density at radius 1 is 1.59 bits per heavy atom. The van der Waals surface area contributed by atoms with Gasteiger partial charge < -0.3 is 16.0 Å². The fraction of sp³-hybridized carbons (Fsp3) is 0.400. The quantitative estimate of drug-likeness (QED) is 0.883. The van der Waals surface area contributed by atoms with Crippen LogP contribution in [0.25, 0.3) is 0 Å². The lowest BCUT2D eigenvalue weighted by Crippen LogP contribution is -2.47. The van der Waals surface area contributed by atoms with E-state index in [-0.39, 0.29) is 5.91 Å². The maximum atomic E-state index is 11.8. The van der Waals surface area contributed by atoms with Gasteiger partial charge in [0.1, 0.15) is 6.04 Å². The van der Waals surface area contributed by atoms with E-state index < -0.39 is 12.1 Å². The van der Waals surface area contributed by atoms with E-state index in [9.17, 15) is 9.59 Å². The molecule has 3 N–H and O–H groups in total. The number of nitrogens with zero attached hydrogens (tertiary/aromatic N) is 1. The van der Waals surface area contributed by atoms with Gasteiger partial charge in [-0.15, -0.1) is 11.3 Å². The summed E-state index contributed by atoms with van der Waals surface area (Å²) >= 11 is 4.93. The third-order valence-corrected chi connectivity index (χ3v) is 3.74. The van der Waals surface area contributed by atoms with Crippen molar-refractivity contribution in [3.63, 3.8) is 0 Å². The van der Waals surface area contributed by atoms with Crippen molar-refractivity contribution in [2.75, 3.05) is 7.05 Å². The van der Waals surface area contributed by atoms with Crippen molar-refractivity contribution in [1.29, 1.82) is 0 Å². The molecule has 0 aliphatic rings. The van der Waals surface area contributed by atoms with Gasteiger partial charge in [0.2, 0.25) is 5.91 Å². The average molecular weight is 320 g/mol. The SMILES string of the molecule is C[C@H](NC(N)=O)C(=O)N(C)Cc1ccc(Br)s1. The van der Waals surface area contributed by atoms with E-state index >= 15 is 0 Å². The van der Waals surface area contributed by atoms with Gasteiger partial charge in [-0.1, -0.05) is 0 Å². The molecule has 0 unspecified atom stereocenters. The molecular weight excluding hydrogens is 306 g/mol. The maximum Gasteiger partial charge on any atom is 0.312 e. The number of thiophene rings is 1. The molecule has 0 spiro atoms. The summed E-state index contributed by atoms with van der Waals surface area (Å²) in [4.78, 5) is 25.1. The van der Waals surface area contributed by atoms with Gasteiger partial charge in [-0.25, -0.2) is 4.79 Å². The molecule has 0 aromatic carbocycles. The van der Waals surface area contributed by atoms with Gasteiger partial charge in [-0.3, -0.25) is 4.79 Å². The standard InChI is InChI=1S/C10H14BrN3O2S/c1-6(13-10(12)16)9(15)14(2)5-7-3-4-8(11)17-7/h3-4,6H,5H2,1-2H3,(H3,12,13,16)/t6-/m0/s1. The molecule has 1 atom stereocenters. The van der Waals surface area contributed by atoms with Crippen LogP contribution in [0.2, 0.25) is 0 Å². The van der Waals surface area contributed by atoms with Crippen LogP contribution in [-0.2, 0) is 11.3 Å². The highest BCUT2D eigenvalue weighted by Crippen LogP contribution is 2.23. The molecule has 0 aliphatic carbocycles. The smallest absolute Gasteiger partial charge is 0.312 e. The number of nitrogens with two attached hydrogens (primary N) is 1. The van der Waals surface area contributed by atoms with Gasteiger partial charge in [-0.2, -0.15) is 0 Å². The first-order valence-electron chi connectivity index (χ1n) is 4.95. The average Bonchev–Trinajstić information content (AvgIpc) is 2.61. The van der Waals surface area contributed by atoms with Crippen LogP contribution in [0.1, 0.15) is 11.8 Å². The molecule has 1 heterocycles. The summed E-state index contributed by atoms with van der Waals surface area (Å²) in [6.45, 7) is 2.12. The second-order valence-corrected chi connectivity index (χ2v) is 6.18. The summed E-state index contributed by atoms with van der Waals surface area (Å²) in [5, 5.41) is 2.36. The Bertz CT molecular complexity index is 421. The monoisotopic (exact) mass is 319 g/mol. The molecule has 1 aromatic heterocycles. The Morgan fingerprint density at radius 3 is 2.71 bits per heavy atom. The maximum absolute atomic E-state index is 11.8. The van der Waals surface area contributed by atoms with Crippen molar-refractivity contribution in [3.05, 3.63) is 20.8 Å². The summed E-state index contributed by atoms with van der Waals surface area (Å²) < 4.78 is 1.02. The van der Waals surface area contributed by atoms with E-state index in [4.69, 9.17) is 5.73 Å². The van der Waals surface area contributed by atoms with E-state index in [1.165, 1.54) is 0 Å². The molecule has 5 nitrogen and oxygen atoms in total. The van der Waals surface area contributed by atoms with Crippen molar-refractivity contribution >= 4 is 39.2 Å². The molecule has 0 radical (unpaired) electrons. The highest BCUT2D eigenvalue weighted by Gasteiger charge is 2.18. The lowest BCUT2D eigenvalue weighted by Gasteiger charge is -2.20. The summed E-state index contributed by atoms with van der Waals surface area (Å²) in [5.74, 6) is -0.173. The number of urea groups is 1. The number of likely N-dealkylation sites (N-methyl/N-ethyl adjacent to an activating group) is 1. The van der Waals surface area contributed by atoms with E-state index in [0.29, 0.717) is 6.54 Å². The van der Waals surface area contributed by atoms with Crippen molar-refractivity contribution in [2.24, 2.45) is 5.73 Å². The molecule has 0 fully saturated rings. The van der Waals surface area contributed by atoms with Crippen molar-refractivity contribution in [1.82, 2.24) is 10.2 Å². The number of hydrogen-bond acceptors (Lipinski definition) is 3. The molecule has 1 rings (SSSR count). The molecule has 0 bridgehead atoms. The molecule has 0 aliphatic heterocycles. The van der Waals surface area contributed by atoms with Crippen molar-refractivity contribution < 1.29 is 9.59 Å². The predicted molar refractivity (Wildman–Crippen MR) is 70.7 cm³/mol. The third kappa shape index (κ3) is 4.35.